The minimum absolute atomic E-state index is 0.367. The molecule has 0 saturated heterocycles. The van der Waals surface area contributed by atoms with Gasteiger partial charge in [0.05, 0.1) is 5.69 Å². The molecule has 5 heteroatoms. The standard InChI is InChI=1S/C13H16N4S/c1-3-9-4-5-10(6-9)7-15-11-8(2)16-13(18)17-12(11)14/h4-5,7H,3,6H2,1-2H3,(H3,14,16,17,18)/b15-7+. The van der Waals surface area contributed by atoms with E-state index in [-0.39, 0.29) is 0 Å². The number of hydrogen-bond donors (Lipinski definition) is 2. The number of aliphatic imine (C=N–C) groups is 1. The van der Waals surface area contributed by atoms with Gasteiger partial charge in [-0.15, -0.1) is 12.6 Å². The Kier molecular flexibility index (Phi) is 3.81. The van der Waals surface area contributed by atoms with Crippen molar-refractivity contribution in [3.63, 3.8) is 0 Å². The molecule has 18 heavy (non-hydrogen) atoms. The highest BCUT2D eigenvalue weighted by atomic mass is 32.1. The molecule has 0 radical (unpaired) electrons. The van der Waals surface area contributed by atoms with Crippen LogP contribution in [0.3, 0.4) is 0 Å². The summed E-state index contributed by atoms with van der Waals surface area (Å²) in [7, 11) is 0. The van der Waals surface area contributed by atoms with E-state index in [4.69, 9.17) is 5.73 Å². The quantitative estimate of drug-likeness (QED) is 0.499. The third-order valence-corrected chi connectivity index (χ3v) is 3.05. The molecule has 94 valence electrons. The first-order chi connectivity index (χ1) is 8.60. The fraction of sp³-hybridized carbons (Fsp3) is 0.308. The first kappa shape index (κ1) is 12.8. The van der Waals surface area contributed by atoms with E-state index < -0.39 is 0 Å². The molecule has 1 aliphatic rings. The van der Waals surface area contributed by atoms with Crippen molar-refractivity contribution >= 4 is 30.3 Å². The van der Waals surface area contributed by atoms with Crippen LogP contribution in [-0.4, -0.2) is 16.2 Å². The summed E-state index contributed by atoms with van der Waals surface area (Å²) in [5.41, 5.74) is 9.78. The number of anilines is 1. The second-order valence-electron chi connectivity index (χ2n) is 4.20. The van der Waals surface area contributed by atoms with Crippen molar-refractivity contribution in [3.8, 4) is 0 Å². The number of nitrogens with two attached hydrogens (primary N) is 1. The van der Waals surface area contributed by atoms with Gasteiger partial charge in [0.2, 0.25) is 0 Å². The van der Waals surface area contributed by atoms with Gasteiger partial charge >= 0.3 is 0 Å². The minimum Gasteiger partial charge on any atom is -0.382 e. The van der Waals surface area contributed by atoms with Crippen LogP contribution in [0.5, 0.6) is 0 Å². The molecular formula is C13H16N4S. The topological polar surface area (TPSA) is 64.2 Å². The second kappa shape index (κ2) is 5.35. The summed E-state index contributed by atoms with van der Waals surface area (Å²) >= 11 is 4.08. The van der Waals surface area contributed by atoms with Gasteiger partial charge in [0.1, 0.15) is 5.69 Å². The zero-order chi connectivity index (χ0) is 13.1. The van der Waals surface area contributed by atoms with Crippen LogP contribution in [-0.2, 0) is 0 Å². The Morgan fingerprint density at radius 1 is 1.44 bits per heavy atom. The lowest BCUT2D eigenvalue weighted by Crippen LogP contribution is -1.97. The fourth-order valence-electron chi connectivity index (χ4n) is 1.82. The van der Waals surface area contributed by atoms with E-state index in [0.717, 1.165) is 18.5 Å². The molecule has 0 aliphatic heterocycles. The van der Waals surface area contributed by atoms with Crippen LogP contribution in [0.1, 0.15) is 25.5 Å². The van der Waals surface area contributed by atoms with Crippen LogP contribution in [0.4, 0.5) is 11.5 Å². The SMILES string of the molecule is CCC1=CC=C(/C=N/c2c(C)nc(S)nc2N)C1. The lowest BCUT2D eigenvalue weighted by molar-refractivity contribution is 0.946. The zero-order valence-electron chi connectivity index (χ0n) is 10.5. The van der Waals surface area contributed by atoms with Crippen LogP contribution in [0.2, 0.25) is 0 Å². The molecule has 1 aromatic rings. The van der Waals surface area contributed by atoms with Gasteiger partial charge in [-0.05, 0) is 25.3 Å². The molecule has 1 heterocycles. The molecule has 0 spiro atoms. The van der Waals surface area contributed by atoms with Gasteiger partial charge in [-0.25, -0.2) is 9.97 Å². The lowest BCUT2D eigenvalue weighted by atomic mass is 10.1. The van der Waals surface area contributed by atoms with Crippen molar-refractivity contribution in [3.05, 3.63) is 29.0 Å². The van der Waals surface area contributed by atoms with Crippen molar-refractivity contribution in [2.24, 2.45) is 4.99 Å². The summed E-state index contributed by atoms with van der Waals surface area (Å²) < 4.78 is 0. The summed E-state index contributed by atoms with van der Waals surface area (Å²) in [6.07, 6.45) is 8.10. The van der Waals surface area contributed by atoms with Crippen LogP contribution >= 0.6 is 12.6 Å². The molecule has 1 aromatic heterocycles. The van der Waals surface area contributed by atoms with Crippen LogP contribution in [0.25, 0.3) is 0 Å². The molecule has 0 fully saturated rings. The van der Waals surface area contributed by atoms with Crippen molar-refractivity contribution in [1.29, 1.82) is 0 Å². The molecule has 0 atom stereocenters. The molecule has 2 rings (SSSR count). The average Bonchev–Trinajstić information content (AvgIpc) is 2.75. The number of aryl methyl sites for hydroxylation is 1. The number of nitrogens with zero attached hydrogens (tertiary/aromatic N) is 3. The minimum atomic E-state index is 0.367. The fourth-order valence-corrected chi connectivity index (χ4v) is 2.08. The third-order valence-electron chi connectivity index (χ3n) is 2.85. The van der Waals surface area contributed by atoms with Crippen molar-refractivity contribution < 1.29 is 0 Å². The molecule has 0 amide bonds. The highest BCUT2D eigenvalue weighted by Crippen LogP contribution is 2.25. The van der Waals surface area contributed by atoms with E-state index in [1.165, 1.54) is 11.1 Å². The van der Waals surface area contributed by atoms with Gasteiger partial charge in [-0.2, -0.15) is 0 Å². The van der Waals surface area contributed by atoms with E-state index in [2.05, 4.69) is 46.7 Å². The number of nitrogen functional groups attached to an aromatic ring is 1. The Hall–Kier alpha value is -1.62. The van der Waals surface area contributed by atoms with Gasteiger partial charge < -0.3 is 5.73 Å². The summed E-state index contributed by atoms with van der Waals surface area (Å²) in [6.45, 7) is 4.00. The first-order valence-electron chi connectivity index (χ1n) is 5.86. The van der Waals surface area contributed by atoms with Crippen molar-refractivity contribution in [2.75, 3.05) is 5.73 Å². The predicted molar refractivity (Wildman–Crippen MR) is 77.7 cm³/mol. The highest BCUT2D eigenvalue weighted by molar-refractivity contribution is 7.80. The third kappa shape index (κ3) is 2.79. The van der Waals surface area contributed by atoms with E-state index >= 15 is 0 Å². The molecular weight excluding hydrogens is 244 g/mol. The Labute approximate surface area is 112 Å². The zero-order valence-corrected chi connectivity index (χ0v) is 11.4. The Bertz CT molecular complexity index is 535. The van der Waals surface area contributed by atoms with Crippen LogP contribution in [0.15, 0.2) is 33.4 Å². The van der Waals surface area contributed by atoms with Gasteiger partial charge in [-0.1, -0.05) is 24.6 Å². The normalized spacial score (nSPS) is 15.1. The maximum absolute atomic E-state index is 5.81. The van der Waals surface area contributed by atoms with E-state index in [1.54, 1.807) is 0 Å². The van der Waals surface area contributed by atoms with Gasteiger partial charge in [0.25, 0.3) is 0 Å². The molecule has 0 unspecified atom stereocenters. The average molecular weight is 260 g/mol. The maximum Gasteiger partial charge on any atom is 0.186 e. The van der Waals surface area contributed by atoms with Gasteiger partial charge in [-0.3, -0.25) is 4.99 Å². The molecule has 2 N–H and O–H groups in total. The Balaban J connectivity index is 2.16. The van der Waals surface area contributed by atoms with Crippen molar-refractivity contribution in [1.82, 2.24) is 9.97 Å². The largest absolute Gasteiger partial charge is 0.382 e. The summed E-state index contributed by atoms with van der Waals surface area (Å²) in [5.74, 6) is 0.367. The van der Waals surface area contributed by atoms with Gasteiger partial charge in [0, 0.05) is 6.21 Å². The Morgan fingerprint density at radius 2 is 2.22 bits per heavy atom. The highest BCUT2D eigenvalue weighted by Gasteiger charge is 2.08. The molecule has 1 aliphatic carbocycles. The van der Waals surface area contributed by atoms with Crippen LogP contribution in [0, 0.1) is 6.92 Å². The predicted octanol–water partition coefficient (Wildman–Crippen LogP) is 3.02. The number of rotatable bonds is 3. The lowest BCUT2D eigenvalue weighted by Gasteiger charge is -2.04. The van der Waals surface area contributed by atoms with Crippen LogP contribution < -0.4 is 5.73 Å². The number of allylic oxidation sites excluding steroid dienone is 4. The van der Waals surface area contributed by atoms with E-state index in [0.29, 0.717) is 16.7 Å². The first-order valence-corrected chi connectivity index (χ1v) is 6.30. The molecule has 0 aromatic carbocycles. The second-order valence-corrected chi connectivity index (χ2v) is 4.60. The van der Waals surface area contributed by atoms with Gasteiger partial charge in [0.15, 0.2) is 11.0 Å². The Morgan fingerprint density at radius 3 is 2.83 bits per heavy atom. The van der Waals surface area contributed by atoms with E-state index in [1.807, 2.05) is 13.1 Å². The smallest absolute Gasteiger partial charge is 0.186 e. The van der Waals surface area contributed by atoms with E-state index in [9.17, 15) is 0 Å². The van der Waals surface area contributed by atoms with Crippen molar-refractivity contribution in [2.45, 2.75) is 31.8 Å². The summed E-state index contributed by atoms with van der Waals surface area (Å²) in [5, 5.41) is 0.374. The maximum atomic E-state index is 5.81. The monoisotopic (exact) mass is 260 g/mol. The molecule has 0 saturated carbocycles. The molecule has 0 bridgehead atoms. The number of thiol groups is 1. The summed E-state index contributed by atoms with van der Waals surface area (Å²) in [4.78, 5) is 12.5. The molecule has 4 nitrogen and oxygen atoms in total. The summed E-state index contributed by atoms with van der Waals surface area (Å²) in [6, 6.07) is 0. The number of hydrogen-bond acceptors (Lipinski definition) is 5. The number of aromatic nitrogens is 2.